The summed E-state index contributed by atoms with van der Waals surface area (Å²) in [6, 6.07) is 0. The summed E-state index contributed by atoms with van der Waals surface area (Å²) in [7, 11) is 0. The molecule has 232 valence electrons. The van der Waals surface area contributed by atoms with E-state index in [1.54, 1.807) is 13.8 Å². The van der Waals surface area contributed by atoms with E-state index in [0.29, 0.717) is 29.4 Å². The molecule has 0 spiro atoms. The van der Waals surface area contributed by atoms with Gasteiger partial charge in [0.1, 0.15) is 30.5 Å². The lowest BCUT2D eigenvalue weighted by Gasteiger charge is -2.32. The molecule has 0 aromatic rings. The van der Waals surface area contributed by atoms with Gasteiger partial charge in [0.25, 0.3) is 0 Å². The molecular weight excluding hydrogens is 556 g/mol. The highest BCUT2D eigenvalue weighted by Gasteiger charge is 2.70. The molecule has 0 aromatic heterocycles. The second-order valence-electron chi connectivity index (χ2n) is 14.3. The van der Waals surface area contributed by atoms with Gasteiger partial charge in [-0.2, -0.15) is 0 Å². The van der Waals surface area contributed by atoms with Crippen LogP contribution in [-0.2, 0) is 47.7 Å². The molecule has 6 bridgehead atoms. The number of carbonyl (C=O) groups is 5. The first-order chi connectivity index (χ1) is 20.4. The molecule has 0 N–H and O–H groups in total. The van der Waals surface area contributed by atoms with Gasteiger partial charge in [-0.05, 0) is 70.1 Å². The van der Waals surface area contributed by atoms with Gasteiger partial charge in [0, 0.05) is 34.8 Å². The second kappa shape index (κ2) is 10.2. The van der Waals surface area contributed by atoms with Crippen molar-refractivity contribution < 1.29 is 47.7 Å². The van der Waals surface area contributed by atoms with Crippen LogP contribution in [0.15, 0.2) is 24.3 Å². The first kappa shape index (κ1) is 28.6. The van der Waals surface area contributed by atoms with Gasteiger partial charge in [0.2, 0.25) is 0 Å². The van der Waals surface area contributed by atoms with Crippen molar-refractivity contribution in [2.45, 2.75) is 89.8 Å². The standard InChI is InChI=1S/C20H24O6.C13H16O4/c1-8(2)18(21)25-16-11-7-12-15(20(23)26-17(12)16)14(11)19(22)24-13-6-9-3-4-10(13)5-9;1-5(2)12(14)16-10-7-4-8-9(6(7)3)13(15)17-11(8)10/h9-17H,1,3-7H2,2H3;6-11H,1,4H2,2-3H3. The number of hydrogen-bond acceptors (Lipinski definition) is 10. The zero-order valence-corrected chi connectivity index (χ0v) is 24.9. The van der Waals surface area contributed by atoms with Crippen LogP contribution < -0.4 is 0 Å². The topological polar surface area (TPSA) is 132 Å². The Morgan fingerprint density at radius 2 is 1.28 bits per heavy atom. The maximum Gasteiger partial charge on any atom is 0.333 e. The Morgan fingerprint density at radius 1 is 0.721 bits per heavy atom. The summed E-state index contributed by atoms with van der Waals surface area (Å²) in [5.74, 6) is -0.881. The molecule has 8 fully saturated rings. The summed E-state index contributed by atoms with van der Waals surface area (Å²) in [4.78, 5) is 60.6. The molecule has 6 saturated carbocycles. The number of fused-ring (bicyclic) bond motifs is 4. The Kier molecular flexibility index (Phi) is 6.78. The monoisotopic (exact) mass is 596 g/mol. The normalized spacial score (nSPS) is 46.6. The quantitative estimate of drug-likeness (QED) is 0.256. The number of esters is 5. The molecule has 10 nitrogen and oxygen atoms in total. The van der Waals surface area contributed by atoms with E-state index in [0.717, 1.165) is 25.7 Å². The van der Waals surface area contributed by atoms with Crippen molar-refractivity contribution in [1.82, 2.24) is 0 Å². The zero-order chi connectivity index (χ0) is 30.5. The highest BCUT2D eigenvalue weighted by molar-refractivity contribution is 5.89. The largest absolute Gasteiger partial charge is 0.462 e. The van der Waals surface area contributed by atoms with Crippen molar-refractivity contribution in [3.63, 3.8) is 0 Å². The lowest BCUT2D eigenvalue weighted by Crippen LogP contribution is -2.44. The predicted molar refractivity (Wildman–Crippen MR) is 147 cm³/mol. The minimum atomic E-state index is -0.565. The molecule has 0 amide bonds. The van der Waals surface area contributed by atoms with Gasteiger partial charge in [0.15, 0.2) is 0 Å². The Morgan fingerprint density at radius 3 is 1.84 bits per heavy atom. The molecule has 2 aliphatic heterocycles. The Hall–Kier alpha value is -3.17. The smallest absolute Gasteiger partial charge is 0.333 e. The fourth-order valence-corrected chi connectivity index (χ4v) is 9.98. The fraction of sp³-hybridized carbons (Fsp3) is 0.727. The maximum atomic E-state index is 13.0. The van der Waals surface area contributed by atoms with E-state index in [1.165, 1.54) is 6.42 Å². The van der Waals surface area contributed by atoms with E-state index in [2.05, 4.69) is 20.1 Å². The van der Waals surface area contributed by atoms with E-state index >= 15 is 0 Å². The average molecular weight is 597 g/mol. The maximum absolute atomic E-state index is 13.0. The number of ether oxygens (including phenoxy) is 5. The molecule has 8 rings (SSSR count). The van der Waals surface area contributed by atoms with E-state index in [9.17, 15) is 24.0 Å². The van der Waals surface area contributed by atoms with Crippen LogP contribution in [0.3, 0.4) is 0 Å². The van der Waals surface area contributed by atoms with Crippen LogP contribution >= 0.6 is 0 Å². The van der Waals surface area contributed by atoms with E-state index in [-0.39, 0.29) is 77.7 Å². The van der Waals surface area contributed by atoms with Gasteiger partial charge in [0.05, 0.1) is 17.8 Å². The van der Waals surface area contributed by atoms with Gasteiger partial charge < -0.3 is 23.7 Å². The minimum absolute atomic E-state index is 0.00924. The summed E-state index contributed by atoms with van der Waals surface area (Å²) in [5, 5.41) is 0. The van der Waals surface area contributed by atoms with Gasteiger partial charge in [-0.15, -0.1) is 0 Å². The summed E-state index contributed by atoms with van der Waals surface area (Å²) in [5.41, 5.74) is 0.691. The fourth-order valence-electron chi connectivity index (χ4n) is 9.98. The number of rotatable bonds is 6. The number of hydrogen-bond donors (Lipinski definition) is 0. The van der Waals surface area contributed by atoms with Crippen molar-refractivity contribution in [2.24, 2.45) is 59.2 Å². The number of carbonyl (C=O) groups excluding carboxylic acids is 5. The molecule has 6 aliphatic carbocycles. The molecule has 0 aromatic carbocycles. The average Bonchev–Trinajstić information content (AvgIpc) is 3.79. The molecule has 0 radical (unpaired) electrons. The van der Waals surface area contributed by atoms with Gasteiger partial charge in [-0.3, -0.25) is 14.4 Å². The lowest BCUT2D eigenvalue weighted by atomic mass is 9.78. The van der Waals surface area contributed by atoms with Crippen LogP contribution in [0.4, 0.5) is 0 Å². The van der Waals surface area contributed by atoms with Crippen molar-refractivity contribution in [1.29, 1.82) is 0 Å². The van der Waals surface area contributed by atoms with E-state index < -0.39 is 30.0 Å². The van der Waals surface area contributed by atoms with E-state index in [4.69, 9.17) is 23.7 Å². The van der Waals surface area contributed by atoms with Gasteiger partial charge >= 0.3 is 29.8 Å². The van der Waals surface area contributed by atoms with Crippen LogP contribution in [0.25, 0.3) is 0 Å². The Bertz CT molecular complexity index is 1300. The molecule has 2 heterocycles. The third-order valence-corrected chi connectivity index (χ3v) is 11.9. The molecule has 10 heteroatoms. The van der Waals surface area contributed by atoms with Gasteiger partial charge in [-0.1, -0.05) is 20.1 Å². The second-order valence-corrected chi connectivity index (χ2v) is 14.3. The van der Waals surface area contributed by atoms with Crippen LogP contribution in [0.2, 0.25) is 0 Å². The molecule has 8 aliphatic rings. The van der Waals surface area contributed by atoms with Crippen LogP contribution in [0.1, 0.15) is 59.3 Å². The van der Waals surface area contributed by atoms with Crippen molar-refractivity contribution in [3.05, 3.63) is 24.3 Å². The third-order valence-electron chi connectivity index (χ3n) is 11.9. The van der Waals surface area contributed by atoms with Gasteiger partial charge in [-0.25, -0.2) is 9.59 Å². The first-order valence-corrected chi connectivity index (χ1v) is 15.8. The highest BCUT2D eigenvalue weighted by atomic mass is 16.6. The summed E-state index contributed by atoms with van der Waals surface area (Å²) < 4.78 is 27.7. The van der Waals surface area contributed by atoms with Crippen molar-refractivity contribution in [2.75, 3.05) is 0 Å². The molecule has 43 heavy (non-hydrogen) atoms. The summed E-state index contributed by atoms with van der Waals surface area (Å²) in [6.45, 7) is 12.4. The Labute approximate surface area is 250 Å². The first-order valence-electron chi connectivity index (χ1n) is 15.8. The lowest BCUT2D eigenvalue weighted by molar-refractivity contribution is -0.167. The Balaban J connectivity index is 0.000000153. The predicted octanol–water partition coefficient (Wildman–Crippen LogP) is 3.32. The highest BCUT2D eigenvalue weighted by Crippen LogP contribution is 2.60. The van der Waals surface area contributed by atoms with Crippen molar-refractivity contribution in [3.8, 4) is 0 Å². The molecular formula is C33H40O10. The van der Waals surface area contributed by atoms with Crippen LogP contribution in [-0.4, -0.2) is 60.4 Å². The molecule has 15 atom stereocenters. The van der Waals surface area contributed by atoms with E-state index in [1.807, 2.05) is 0 Å². The van der Waals surface area contributed by atoms with Crippen molar-refractivity contribution >= 4 is 29.8 Å². The summed E-state index contributed by atoms with van der Waals surface area (Å²) >= 11 is 0. The zero-order valence-electron chi connectivity index (χ0n) is 24.9. The molecule has 2 saturated heterocycles. The third kappa shape index (κ3) is 4.37. The van der Waals surface area contributed by atoms with Crippen LogP contribution in [0.5, 0.6) is 0 Å². The summed E-state index contributed by atoms with van der Waals surface area (Å²) in [6.07, 6.45) is 4.61. The minimum Gasteiger partial charge on any atom is -0.462 e. The van der Waals surface area contributed by atoms with Crippen LogP contribution in [0, 0.1) is 59.2 Å². The molecule has 15 unspecified atom stereocenters. The SMILES string of the molecule is C=C(C)C(=O)OC1C2CC3C1OC(=O)C3C2C.C=C(C)C(=O)OC1C2CC3C1OC(=O)C3C2C(=O)OC1CC2CCC1C2.